The number of hydrogen-bond acceptors (Lipinski definition) is 5. The minimum atomic E-state index is 0.522. The number of para-hydroxylation sites is 1. The molecule has 0 aliphatic carbocycles. The number of anilines is 2. The highest BCUT2D eigenvalue weighted by Gasteiger charge is 2.25. The van der Waals surface area contributed by atoms with E-state index in [4.69, 9.17) is 10.2 Å². The first-order chi connectivity index (χ1) is 9.28. The Morgan fingerprint density at radius 3 is 3.05 bits per heavy atom. The highest BCUT2D eigenvalue weighted by Crippen LogP contribution is 2.34. The summed E-state index contributed by atoms with van der Waals surface area (Å²) >= 11 is 0. The van der Waals surface area contributed by atoms with Crippen LogP contribution in [-0.2, 0) is 12.8 Å². The van der Waals surface area contributed by atoms with E-state index < -0.39 is 0 Å². The molecular weight excluding hydrogens is 240 g/mol. The molecule has 1 aliphatic rings. The first-order valence-corrected chi connectivity index (χ1v) is 6.66. The molecule has 2 heterocycles. The van der Waals surface area contributed by atoms with E-state index in [0.29, 0.717) is 30.8 Å². The molecule has 1 atom stereocenters. The van der Waals surface area contributed by atoms with Crippen molar-refractivity contribution in [2.45, 2.75) is 19.8 Å². The third-order valence-corrected chi connectivity index (χ3v) is 3.39. The van der Waals surface area contributed by atoms with Crippen LogP contribution in [0.15, 0.2) is 28.7 Å². The number of benzene rings is 1. The Bertz CT molecular complexity index is 566. The molecule has 5 nitrogen and oxygen atoms in total. The normalized spacial score (nSPS) is 18.4. The summed E-state index contributed by atoms with van der Waals surface area (Å²) < 4.78 is 5.69. The van der Waals surface area contributed by atoms with Gasteiger partial charge in [-0.25, -0.2) is 0 Å². The monoisotopic (exact) mass is 258 g/mol. The van der Waals surface area contributed by atoms with Gasteiger partial charge < -0.3 is 10.2 Å². The second kappa shape index (κ2) is 5.01. The minimum Gasteiger partial charge on any atom is -0.408 e. The van der Waals surface area contributed by atoms with Crippen molar-refractivity contribution >= 4 is 11.7 Å². The van der Waals surface area contributed by atoms with Crippen LogP contribution < -0.4 is 10.6 Å². The molecule has 2 N–H and O–H groups in total. The van der Waals surface area contributed by atoms with Gasteiger partial charge in [-0.1, -0.05) is 30.2 Å². The van der Waals surface area contributed by atoms with E-state index in [0.717, 1.165) is 13.0 Å². The van der Waals surface area contributed by atoms with Gasteiger partial charge in [0, 0.05) is 25.2 Å². The standard InChI is InChI=1S/C14H18N4O/c1-10-8-11-4-2-3-5-12(11)18(9-10)14-17-16-13(19-14)6-7-15/h2-5,10H,6-9,15H2,1H3. The highest BCUT2D eigenvalue weighted by molar-refractivity contribution is 5.62. The van der Waals surface area contributed by atoms with Gasteiger partial charge >= 0.3 is 6.01 Å². The molecule has 0 radical (unpaired) electrons. The van der Waals surface area contributed by atoms with E-state index >= 15 is 0 Å². The number of fused-ring (bicyclic) bond motifs is 1. The molecule has 1 aromatic carbocycles. The van der Waals surface area contributed by atoms with E-state index in [2.05, 4.69) is 40.2 Å². The SMILES string of the molecule is CC1Cc2ccccc2N(c2nnc(CCN)o2)C1. The van der Waals surface area contributed by atoms with Gasteiger partial charge in [-0.05, 0) is 24.0 Å². The maximum absolute atomic E-state index is 5.69. The van der Waals surface area contributed by atoms with Crippen molar-refractivity contribution < 1.29 is 4.42 Å². The second-order valence-corrected chi connectivity index (χ2v) is 5.07. The van der Waals surface area contributed by atoms with Crippen LogP contribution >= 0.6 is 0 Å². The summed E-state index contributed by atoms with van der Waals surface area (Å²) in [6, 6.07) is 8.95. The molecule has 0 saturated carbocycles. The first-order valence-electron chi connectivity index (χ1n) is 6.66. The van der Waals surface area contributed by atoms with Crippen molar-refractivity contribution in [3.05, 3.63) is 35.7 Å². The molecular formula is C14H18N4O. The van der Waals surface area contributed by atoms with Crippen molar-refractivity contribution in [2.75, 3.05) is 18.0 Å². The Morgan fingerprint density at radius 1 is 1.37 bits per heavy atom. The first kappa shape index (κ1) is 12.2. The Kier molecular flexibility index (Phi) is 3.21. The lowest BCUT2D eigenvalue weighted by Crippen LogP contribution is -2.30. The lowest BCUT2D eigenvalue weighted by molar-refractivity contribution is 0.473. The van der Waals surface area contributed by atoms with Gasteiger partial charge in [0.25, 0.3) is 0 Å². The predicted octanol–water partition coefficient (Wildman–Crippen LogP) is 1.90. The zero-order valence-corrected chi connectivity index (χ0v) is 11.0. The van der Waals surface area contributed by atoms with Crippen molar-refractivity contribution in [1.29, 1.82) is 0 Å². The predicted molar refractivity (Wildman–Crippen MR) is 73.4 cm³/mol. The fourth-order valence-corrected chi connectivity index (χ4v) is 2.56. The van der Waals surface area contributed by atoms with Gasteiger partial charge in [-0.3, -0.25) is 4.90 Å². The van der Waals surface area contributed by atoms with E-state index in [9.17, 15) is 0 Å². The lowest BCUT2D eigenvalue weighted by Gasteiger charge is -2.31. The average Bonchev–Trinajstić information content (AvgIpc) is 2.86. The molecule has 19 heavy (non-hydrogen) atoms. The molecule has 0 bridgehead atoms. The van der Waals surface area contributed by atoms with Crippen LogP contribution in [0.3, 0.4) is 0 Å². The second-order valence-electron chi connectivity index (χ2n) is 5.07. The van der Waals surface area contributed by atoms with E-state index in [1.807, 2.05) is 6.07 Å². The quantitative estimate of drug-likeness (QED) is 0.910. The maximum atomic E-state index is 5.69. The summed E-state index contributed by atoms with van der Waals surface area (Å²) in [5.74, 6) is 1.17. The van der Waals surface area contributed by atoms with Gasteiger partial charge in [0.1, 0.15) is 0 Å². The molecule has 3 rings (SSSR count). The molecule has 1 aliphatic heterocycles. The van der Waals surface area contributed by atoms with Crippen molar-refractivity contribution in [3.63, 3.8) is 0 Å². The smallest absolute Gasteiger partial charge is 0.322 e. The van der Waals surface area contributed by atoms with Crippen molar-refractivity contribution in [2.24, 2.45) is 11.7 Å². The van der Waals surface area contributed by atoms with Crippen LogP contribution in [0.4, 0.5) is 11.7 Å². The molecule has 1 unspecified atom stereocenters. The molecule has 5 heteroatoms. The van der Waals surface area contributed by atoms with Crippen LogP contribution in [0.1, 0.15) is 18.4 Å². The van der Waals surface area contributed by atoms with Gasteiger partial charge in [-0.15, -0.1) is 5.10 Å². The Morgan fingerprint density at radius 2 is 2.21 bits per heavy atom. The van der Waals surface area contributed by atoms with Gasteiger partial charge in [0.2, 0.25) is 5.89 Å². The van der Waals surface area contributed by atoms with Crippen LogP contribution in [0.5, 0.6) is 0 Å². The molecule has 0 amide bonds. The van der Waals surface area contributed by atoms with Crippen LogP contribution in [0.2, 0.25) is 0 Å². The average molecular weight is 258 g/mol. The molecule has 0 fully saturated rings. The summed E-state index contributed by atoms with van der Waals surface area (Å²) in [6.45, 7) is 3.66. The van der Waals surface area contributed by atoms with E-state index in [1.165, 1.54) is 11.3 Å². The van der Waals surface area contributed by atoms with Crippen molar-refractivity contribution in [1.82, 2.24) is 10.2 Å². The fourth-order valence-electron chi connectivity index (χ4n) is 2.56. The molecule has 2 aromatic rings. The molecule has 0 spiro atoms. The Labute approximate surface area is 112 Å². The number of hydrogen-bond donors (Lipinski definition) is 1. The largest absolute Gasteiger partial charge is 0.408 e. The number of rotatable bonds is 3. The summed E-state index contributed by atoms with van der Waals surface area (Å²) in [5, 5.41) is 8.19. The fraction of sp³-hybridized carbons (Fsp3) is 0.429. The molecule has 100 valence electrons. The topological polar surface area (TPSA) is 68.2 Å². The Hall–Kier alpha value is -1.88. The number of nitrogens with two attached hydrogens (primary N) is 1. The summed E-state index contributed by atoms with van der Waals surface area (Å²) in [5.41, 5.74) is 8.01. The van der Waals surface area contributed by atoms with Crippen molar-refractivity contribution in [3.8, 4) is 0 Å². The van der Waals surface area contributed by atoms with Gasteiger partial charge in [-0.2, -0.15) is 0 Å². The van der Waals surface area contributed by atoms with Gasteiger partial charge in [0.05, 0.1) is 0 Å². The molecule has 1 aromatic heterocycles. The van der Waals surface area contributed by atoms with E-state index in [-0.39, 0.29) is 0 Å². The zero-order valence-electron chi connectivity index (χ0n) is 11.0. The van der Waals surface area contributed by atoms with Crippen LogP contribution in [0.25, 0.3) is 0 Å². The molecule has 0 saturated heterocycles. The van der Waals surface area contributed by atoms with Crippen LogP contribution in [0, 0.1) is 5.92 Å². The third-order valence-electron chi connectivity index (χ3n) is 3.39. The Balaban J connectivity index is 1.95. The van der Waals surface area contributed by atoms with E-state index in [1.54, 1.807) is 0 Å². The highest BCUT2D eigenvalue weighted by atomic mass is 16.4. The zero-order chi connectivity index (χ0) is 13.2. The number of nitrogens with zero attached hydrogens (tertiary/aromatic N) is 3. The lowest BCUT2D eigenvalue weighted by atomic mass is 9.94. The third kappa shape index (κ3) is 2.33. The van der Waals surface area contributed by atoms with Gasteiger partial charge in [0.15, 0.2) is 0 Å². The maximum Gasteiger partial charge on any atom is 0.322 e. The number of aromatic nitrogens is 2. The minimum absolute atomic E-state index is 0.522. The summed E-state index contributed by atoms with van der Waals surface area (Å²) in [7, 11) is 0. The summed E-state index contributed by atoms with van der Waals surface area (Å²) in [4.78, 5) is 2.11. The van der Waals surface area contributed by atoms with Crippen LogP contribution in [-0.4, -0.2) is 23.3 Å². The summed E-state index contributed by atoms with van der Waals surface area (Å²) in [6.07, 6.45) is 1.72.